The molecule has 1 amide bonds. The number of primary amides is 1. The molecule has 0 radical (unpaired) electrons. The number of benzene rings is 1. The number of amides is 1. The van der Waals surface area contributed by atoms with Crippen LogP contribution in [0, 0.1) is 0 Å². The molecule has 0 aliphatic rings. The Morgan fingerprint density at radius 3 is 2.56 bits per heavy atom. The molecule has 0 aromatic heterocycles. The summed E-state index contributed by atoms with van der Waals surface area (Å²) in [5, 5.41) is 2.83. The largest absolute Gasteiger partial charge is 0.408 e. The topological polar surface area (TPSA) is 81.4 Å². The summed E-state index contributed by atoms with van der Waals surface area (Å²) >= 11 is 0. The third-order valence-corrected chi connectivity index (χ3v) is 2.48. The molecule has 86 valence electrons. The molecule has 16 heavy (non-hydrogen) atoms. The van der Waals surface area contributed by atoms with Gasteiger partial charge in [0.1, 0.15) is 5.75 Å². The lowest BCUT2D eigenvalue weighted by Gasteiger charge is -2.11. The van der Waals surface area contributed by atoms with Crippen molar-refractivity contribution in [1.29, 1.82) is 0 Å². The fraction of sp³-hybridized carbons (Fsp3) is 0.300. The second kappa shape index (κ2) is 6.20. The molecular weight excluding hydrogens is 227 g/mol. The minimum absolute atomic E-state index is 0.382. The van der Waals surface area contributed by atoms with Gasteiger partial charge in [0.05, 0.1) is 6.04 Å². The number of carbonyl (C=O) groups is 1. The van der Waals surface area contributed by atoms with Crippen molar-refractivity contribution in [3.8, 4) is 5.75 Å². The number of hydrogen-bond donors (Lipinski definition) is 2. The van der Waals surface area contributed by atoms with E-state index in [9.17, 15) is 9.36 Å². The number of carbonyl (C=O) groups excluding carboxylic acids is 1. The van der Waals surface area contributed by atoms with E-state index in [2.05, 4.69) is 5.32 Å². The van der Waals surface area contributed by atoms with Crippen molar-refractivity contribution in [3.05, 3.63) is 29.8 Å². The minimum Gasteiger partial charge on any atom is -0.408 e. The van der Waals surface area contributed by atoms with Crippen LogP contribution in [0.25, 0.3) is 0 Å². The lowest BCUT2D eigenvalue weighted by atomic mass is 10.1. The predicted molar refractivity (Wildman–Crippen MR) is 60.4 cm³/mol. The molecule has 1 atom stereocenters. The minimum atomic E-state index is -0.388. The standard InChI is InChI=1S/C10H13N2O3P/c1-12-9(10(11)13)6-7-2-4-8(5-3-7)15-16-14/h2-5,9,12H,6H2,1H3,(H2,11,13). The third kappa shape index (κ3) is 3.61. The fourth-order valence-electron chi connectivity index (χ4n) is 1.31. The zero-order valence-corrected chi connectivity index (χ0v) is 9.74. The fourth-order valence-corrected chi connectivity index (χ4v) is 1.52. The molecule has 0 bridgehead atoms. The molecule has 0 aliphatic carbocycles. The Balaban J connectivity index is 2.67. The average Bonchev–Trinajstić information content (AvgIpc) is 2.28. The van der Waals surface area contributed by atoms with Gasteiger partial charge >= 0.3 is 8.69 Å². The molecule has 0 spiro atoms. The highest BCUT2D eigenvalue weighted by atomic mass is 31.1. The van der Waals surface area contributed by atoms with Gasteiger partial charge in [0.25, 0.3) is 0 Å². The highest BCUT2D eigenvalue weighted by Crippen LogP contribution is 2.16. The van der Waals surface area contributed by atoms with Gasteiger partial charge in [-0.05, 0) is 31.2 Å². The van der Waals surface area contributed by atoms with Crippen LogP contribution < -0.4 is 15.6 Å². The Bertz CT molecular complexity index is 367. The molecular formula is C10H13N2O3P. The monoisotopic (exact) mass is 240 g/mol. The molecule has 1 rings (SSSR count). The van der Waals surface area contributed by atoms with Crippen LogP contribution in [0.15, 0.2) is 24.3 Å². The van der Waals surface area contributed by atoms with Crippen LogP contribution in [0.4, 0.5) is 0 Å². The lowest BCUT2D eigenvalue weighted by Crippen LogP contribution is -2.40. The van der Waals surface area contributed by atoms with Gasteiger partial charge in [-0.25, -0.2) is 4.57 Å². The van der Waals surface area contributed by atoms with Crippen molar-refractivity contribution in [2.24, 2.45) is 5.73 Å². The lowest BCUT2D eigenvalue weighted by molar-refractivity contribution is -0.119. The Kier molecular flexibility index (Phi) is 4.89. The number of rotatable bonds is 6. The maximum atomic E-state index is 11.0. The van der Waals surface area contributed by atoms with Crippen LogP contribution in [-0.2, 0) is 15.8 Å². The van der Waals surface area contributed by atoms with E-state index in [-0.39, 0.29) is 20.6 Å². The van der Waals surface area contributed by atoms with E-state index in [0.717, 1.165) is 5.56 Å². The SMILES string of the molecule is CNC(Cc1ccc(OP=O)cc1)C(N)=O. The van der Waals surface area contributed by atoms with E-state index in [1.807, 2.05) is 0 Å². The molecule has 5 nitrogen and oxygen atoms in total. The first-order valence-corrected chi connectivity index (χ1v) is 5.45. The smallest absolute Gasteiger partial charge is 0.395 e. The Hall–Kier alpha value is -1.45. The Labute approximate surface area is 95.3 Å². The maximum absolute atomic E-state index is 11.0. The van der Waals surface area contributed by atoms with Crippen LogP contribution in [-0.4, -0.2) is 19.0 Å². The molecule has 0 saturated carbocycles. The number of likely N-dealkylation sites (N-methyl/N-ethyl adjacent to an activating group) is 1. The highest BCUT2D eigenvalue weighted by Gasteiger charge is 2.12. The third-order valence-electron chi connectivity index (χ3n) is 2.20. The molecule has 0 aliphatic heterocycles. The summed E-state index contributed by atoms with van der Waals surface area (Å²) in [7, 11) is 1.30. The van der Waals surface area contributed by atoms with Gasteiger partial charge in [0, 0.05) is 0 Å². The van der Waals surface area contributed by atoms with E-state index in [1.54, 1.807) is 31.3 Å². The van der Waals surface area contributed by atoms with Crippen molar-refractivity contribution in [2.75, 3.05) is 7.05 Å². The van der Waals surface area contributed by atoms with Gasteiger partial charge in [-0.2, -0.15) is 0 Å². The first kappa shape index (κ1) is 12.6. The molecule has 0 heterocycles. The van der Waals surface area contributed by atoms with Crippen molar-refractivity contribution in [2.45, 2.75) is 12.5 Å². The summed E-state index contributed by atoms with van der Waals surface area (Å²) in [6.45, 7) is 0. The first-order valence-electron chi connectivity index (χ1n) is 4.72. The number of nitrogens with two attached hydrogens (primary N) is 1. The van der Waals surface area contributed by atoms with Crippen LogP contribution in [0.5, 0.6) is 5.75 Å². The summed E-state index contributed by atoms with van der Waals surface area (Å²) in [4.78, 5) is 11.0. The van der Waals surface area contributed by atoms with Crippen LogP contribution in [0.2, 0.25) is 0 Å². The van der Waals surface area contributed by atoms with Gasteiger partial charge in [-0.3, -0.25) is 4.79 Å². The van der Waals surface area contributed by atoms with E-state index in [4.69, 9.17) is 10.3 Å². The molecule has 0 saturated heterocycles. The molecule has 6 heteroatoms. The summed E-state index contributed by atoms with van der Waals surface area (Å²) in [6.07, 6.45) is 0.515. The average molecular weight is 240 g/mol. The van der Waals surface area contributed by atoms with Crippen molar-refractivity contribution >= 4 is 14.6 Å². The molecule has 1 aromatic rings. The summed E-state index contributed by atoms with van der Waals surface area (Å²) < 4.78 is 14.9. The summed E-state index contributed by atoms with van der Waals surface area (Å²) in [5.41, 5.74) is 6.16. The van der Waals surface area contributed by atoms with Gasteiger partial charge in [0.2, 0.25) is 5.91 Å². The number of hydrogen-bond acceptors (Lipinski definition) is 4. The Morgan fingerprint density at radius 2 is 2.12 bits per heavy atom. The highest BCUT2D eigenvalue weighted by molar-refractivity contribution is 7.17. The van der Waals surface area contributed by atoms with Crippen LogP contribution in [0.3, 0.4) is 0 Å². The van der Waals surface area contributed by atoms with Crippen LogP contribution in [0.1, 0.15) is 5.56 Å². The maximum Gasteiger partial charge on any atom is 0.395 e. The van der Waals surface area contributed by atoms with E-state index >= 15 is 0 Å². The number of nitrogens with one attached hydrogen (secondary N) is 1. The van der Waals surface area contributed by atoms with Crippen molar-refractivity contribution in [3.63, 3.8) is 0 Å². The second-order valence-corrected chi connectivity index (χ2v) is 3.59. The van der Waals surface area contributed by atoms with Gasteiger partial charge in [-0.1, -0.05) is 12.1 Å². The van der Waals surface area contributed by atoms with E-state index in [0.29, 0.717) is 12.2 Å². The van der Waals surface area contributed by atoms with Crippen molar-refractivity contribution in [1.82, 2.24) is 5.32 Å². The zero-order valence-electron chi connectivity index (χ0n) is 8.84. The second-order valence-electron chi connectivity index (χ2n) is 3.26. The summed E-state index contributed by atoms with van der Waals surface area (Å²) in [6, 6.07) is 6.59. The zero-order chi connectivity index (χ0) is 12.0. The van der Waals surface area contributed by atoms with E-state index in [1.165, 1.54) is 0 Å². The normalized spacial score (nSPS) is 12.3. The van der Waals surface area contributed by atoms with E-state index < -0.39 is 0 Å². The summed E-state index contributed by atoms with van der Waals surface area (Å²) in [5.74, 6) is 0.126. The van der Waals surface area contributed by atoms with Crippen LogP contribution >= 0.6 is 8.69 Å². The first-order chi connectivity index (χ1) is 7.67. The van der Waals surface area contributed by atoms with Crippen molar-refractivity contribution < 1.29 is 13.9 Å². The molecule has 0 fully saturated rings. The van der Waals surface area contributed by atoms with Gasteiger partial charge < -0.3 is 15.6 Å². The van der Waals surface area contributed by atoms with Gasteiger partial charge in [0.15, 0.2) is 0 Å². The molecule has 3 N–H and O–H groups in total. The predicted octanol–water partition coefficient (Wildman–Crippen LogP) is 0.888. The Morgan fingerprint density at radius 1 is 1.50 bits per heavy atom. The quantitative estimate of drug-likeness (QED) is 0.723. The van der Waals surface area contributed by atoms with Gasteiger partial charge in [-0.15, -0.1) is 0 Å². The molecule has 1 aromatic carbocycles. The molecule has 1 unspecified atom stereocenters.